The van der Waals surface area contributed by atoms with E-state index in [-0.39, 0.29) is 6.04 Å². The summed E-state index contributed by atoms with van der Waals surface area (Å²) >= 11 is 0. The predicted octanol–water partition coefficient (Wildman–Crippen LogP) is 3.14. The third-order valence-electron chi connectivity index (χ3n) is 3.77. The van der Waals surface area contributed by atoms with Gasteiger partial charge in [0.05, 0.1) is 13.2 Å². The Morgan fingerprint density at radius 3 is 2.57 bits per heavy atom. The number of hydrogen-bond donors (Lipinski definition) is 1. The van der Waals surface area contributed by atoms with Gasteiger partial charge in [0.2, 0.25) is 0 Å². The Morgan fingerprint density at radius 2 is 1.90 bits per heavy atom. The first-order chi connectivity index (χ1) is 10.2. The van der Waals surface area contributed by atoms with Gasteiger partial charge in [-0.1, -0.05) is 48.0 Å². The van der Waals surface area contributed by atoms with Gasteiger partial charge in [0.25, 0.3) is 0 Å². The van der Waals surface area contributed by atoms with Crippen LogP contribution in [0.4, 0.5) is 0 Å². The molecule has 0 aliphatic heterocycles. The summed E-state index contributed by atoms with van der Waals surface area (Å²) in [6, 6.07) is 16.8. The Morgan fingerprint density at radius 1 is 1.14 bits per heavy atom. The van der Waals surface area contributed by atoms with Crippen LogP contribution in [0.15, 0.2) is 48.5 Å². The molecule has 0 amide bonds. The lowest BCUT2D eigenvalue weighted by molar-refractivity contribution is 0.236. The Hall–Kier alpha value is -1.84. The van der Waals surface area contributed by atoms with Crippen molar-refractivity contribution >= 4 is 0 Å². The standard InChI is InChI=1S/C18H24N2O/c1-14-7-6-8-15(11-14)13-20(2)17(12-19)16-9-4-5-10-18(16)21-3/h4-11,17H,12-13,19H2,1-3H3. The van der Waals surface area contributed by atoms with Gasteiger partial charge in [-0.25, -0.2) is 0 Å². The van der Waals surface area contributed by atoms with Crippen molar-refractivity contribution in [3.8, 4) is 5.75 Å². The van der Waals surface area contributed by atoms with Gasteiger partial charge >= 0.3 is 0 Å². The van der Waals surface area contributed by atoms with Gasteiger partial charge in [-0.2, -0.15) is 0 Å². The normalized spacial score (nSPS) is 12.4. The van der Waals surface area contributed by atoms with Crippen LogP contribution in [-0.4, -0.2) is 25.6 Å². The first kappa shape index (κ1) is 15.5. The Bertz CT molecular complexity index is 583. The van der Waals surface area contributed by atoms with Crippen molar-refractivity contribution in [3.05, 3.63) is 65.2 Å². The molecule has 0 bridgehead atoms. The van der Waals surface area contributed by atoms with Crippen molar-refractivity contribution in [3.63, 3.8) is 0 Å². The zero-order valence-electron chi connectivity index (χ0n) is 13.0. The second-order valence-electron chi connectivity index (χ2n) is 5.40. The van der Waals surface area contributed by atoms with Gasteiger partial charge in [-0.3, -0.25) is 4.90 Å². The summed E-state index contributed by atoms with van der Waals surface area (Å²) in [4.78, 5) is 2.27. The lowest BCUT2D eigenvalue weighted by Crippen LogP contribution is -2.30. The van der Waals surface area contributed by atoms with E-state index in [2.05, 4.69) is 49.2 Å². The van der Waals surface area contributed by atoms with E-state index < -0.39 is 0 Å². The van der Waals surface area contributed by atoms with Crippen LogP contribution in [0.3, 0.4) is 0 Å². The zero-order valence-corrected chi connectivity index (χ0v) is 13.0. The van der Waals surface area contributed by atoms with E-state index in [1.54, 1.807) is 7.11 Å². The number of nitrogens with zero attached hydrogens (tertiary/aromatic N) is 1. The van der Waals surface area contributed by atoms with Gasteiger partial charge in [0.15, 0.2) is 0 Å². The second-order valence-corrected chi connectivity index (χ2v) is 5.40. The highest BCUT2D eigenvalue weighted by atomic mass is 16.5. The number of rotatable bonds is 6. The quantitative estimate of drug-likeness (QED) is 0.885. The van der Waals surface area contributed by atoms with E-state index in [1.165, 1.54) is 11.1 Å². The highest BCUT2D eigenvalue weighted by Gasteiger charge is 2.19. The van der Waals surface area contributed by atoms with Crippen LogP contribution in [0.1, 0.15) is 22.7 Å². The summed E-state index contributed by atoms with van der Waals surface area (Å²) in [5.41, 5.74) is 9.73. The van der Waals surface area contributed by atoms with Crippen molar-refractivity contribution in [2.24, 2.45) is 5.73 Å². The molecule has 21 heavy (non-hydrogen) atoms. The first-order valence-electron chi connectivity index (χ1n) is 7.24. The molecule has 0 aliphatic carbocycles. The number of nitrogens with two attached hydrogens (primary N) is 1. The second kappa shape index (κ2) is 7.25. The molecule has 0 saturated carbocycles. The van der Waals surface area contributed by atoms with E-state index in [4.69, 9.17) is 10.5 Å². The molecule has 0 spiro atoms. The fourth-order valence-electron chi connectivity index (χ4n) is 2.69. The third kappa shape index (κ3) is 3.84. The number of ether oxygens (including phenoxy) is 1. The van der Waals surface area contributed by atoms with Crippen LogP contribution in [0, 0.1) is 6.92 Å². The van der Waals surface area contributed by atoms with Crippen LogP contribution in [0.25, 0.3) is 0 Å². The molecule has 1 atom stereocenters. The van der Waals surface area contributed by atoms with Crippen molar-refractivity contribution in [2.75, 3.05) is 20.7 Å². The summed E-state index contributed by atoms with van der Waals surface area (Å²) in [5, 5.41) is 0. The van der Waals surface area contributed by atoms with Crippen LogP contribution in [-0.2, 0) is 6.54 Å². The maximum atomic E-state index is 6.02. The highest BCUT2D eigenvalue weighted by molar-refractivity contribution is 5.36. The molecule has 2 N–H and O–H groups in total. The smallest absolute Gasteiger partial charge is 0.123 e. The minimum atomic E-state index is 0.140. The number of aryl methyl sites for hydroxylation is 1. The van der Waals surface area contributed by atoms with Crippen LogP contribution >= 0.6 is 0 Å². The van der Waals surface area contributed by atoms with E-state index >= 15 is 0 Å². The molecule has 3 heteroatoms. The van der Waals surface area contributed by atoms with Gasteiger partial charge in [0, 0.05) is 18.7 Å². The van der Waals surface area contributed by atoms with E-state index in [9.17, 15) is 0 Å². The molecule has 2 aromatic rings. The van der Waals surface area contributed by atoms with Crippen LogP contribution < -0.4 is 10.5 Å². The van der Waals surface area contributed by atoms with Crippen molar-refractivity contribution in [2.45, 2.75) is 19.5 Å². The fraction of sp³-hybridized carbons (Fsp3) is 0.333. The number of benzene rings is 2. The lowest BCUT2D eigenvalue weighted by atomic mass is 10.0. The fourth-order valence-corrected chi connectivity index (χ4v) is 2.69. The van der Waals surface area contributed by atoms with Crippen molar-refractivity contribution in [1.82, 2.24) is 4.90 Å². The molecular formula is C18H24N2O. The molecule has 0 aromatic heterocycles. The highest BCUT2D eigenvalue weighted by Crippen LogP contribution is 2.28. The summed E-state index contributed by atoms with van der Waals surface area (Å²) in [6.45, 7) is 3.54. The Labute approximate surface area is 127 Å². The monoisotopic (exact) mass is 284 g/mol. The van der Waals surface area contributed by atoms with Gasteiger partial charge in [-0.15, -0.1) is 0 Å². The van der Waals surface area contributed by atoms with E-state index in [1.807, 2.05) is 18.2 Å². The molecule has 0 saturated heterocycles. The molecule has 112 valence electrons. The Kier molecular flexibility index (Phi) is 5.37. The molecule has 0 fully saturated rings. The summed E-state index contributed by atoms with van der Waals surface area (Å²) in [6.07, 6.45) is 0. The number of likely N-dealkylation sites (N-methyl/N-ethyl adjacent to an activating group) is 1. The molecule has 0 aliphatic rings. The largest absolute Gasteiger partial charge is 0.496 e. The SMILES string of the molecule is COc1ccccc1C(CN)N(C)Cc1cccc(C)c1. The number of para-hydroxylation sites is 1. The molecule has 0 radical (unpaired) electrons. The average molecular weight is 284 g/mol. The molecule has 2 rings (SSSR count). The van der Waals surface area contributed by atoms with Crippen LogP contribution in [0.2, 0.25) is 0 Å². The minimum Gasteiger partial charge on any atom is -0.496 e. The average Bonchev–Trinajstić information content (AvgIpc) is 2.48. The Balaban J connectivity index is 2.20. The molecule has 0 heterocycles. The summed E-state index contributed by atoms with van der Waals surface area (Å²) in [5.74, 6) is 0.893. The summed E-state index contributed by atoms with van der Waals surface area (Å²) in [7, 11) is 3.80. The molecule has 2 aromatic carbocycles. The zero-order chi connectivity index (χ0) is 15.2. The maximum Gasteiger partial charge on any atom is 0.123 e. The lowest BCUT2D eigenvalue weighted by Gasteiger charge is -2.28. The first-order valence-corrected chi connectivity index (χ1v) is 7.24. The van der Waals surface area contributed by atoms with Crippen molar-refractivity contribution in [1.29, 1.82) is 0 Å². The molecule has 1 unspecified atom stereocenters. The third-order valence-corrected chi connectivity index (χ3v) is 3.77. The molecular weight excluding hydrogens is 260 g/mol. The van der Waals surface area contributed by atoms with E-state index in [0.29, 0.717) is 6.54 Å². The predicted molar refractivity (Wildman–Crippen MR) is 87.4 cm³/mol. The number of hydrogen-bond acceptors (Lipinski definition) is 3. The van der Waals surface area contributed by atoms with Gasteiger partial charge < -0.3 is 10.5 Å². The molecule has 3 nitrogen and oxygen atoms in total. The van der Waals surface area contributed by atoms with E-state index in [0.717, 1.165) is 17.9 Å². The van der Waals surface area contributed by atoms with Gasteiger partial charge in [-0.05, 0) is 25.6 Å². The van der Waals surface area contributed by atoms with Crippen LogP contribution in [0.5, 0.6) is 5.75 Å². The number of methoxy groups -OCH3 is 1. The maximum absolute atomic E-state index is 6.02. The van der Waals surface area contributed by atoms with Crippen molar-refractivity contribution < 1.29 is 4.74 Å². The topological polar surface area (TPSA) is 38.5 Å². The van der Waals surface area contributed by atoms with Gasteiger partial charge in [0.1, 0.15) is 5.75 Å². The minimum absolute atomic E-state index is 0.140. The summed E-state index contributed by atoms with van der Waals surface area (Å²) < 4.78 is 5.47.